The third-order valence-corrected chi connectivity index (χ3v) is 16.4. The highest BCUT2D eigenvalue weighted by Gasteiger charge is 2.64. The van der Waals surface area contributed by atoms with E-state index in [4.69, 9.17) is 26.1 Å². The Morgan fingerprint density at radius 3 is 2.29 bits per heavy atom. The lowest BCUT2D eigenvalue weighted by molar-refractivity contribution is -0.164. The van der Waals surface area contributed by atoms with Gasteiger partial charge in [0.05, 0.1) is 35.1 Å². The summed E-state index contributed by atoms with van der Waals surface area (Å²) in [5.74, 6) is 3.87. The molecule has 0 radical (unpaired) electrons. The molecule has 9 rings (SSSR count). The van der Waals surface area contributed by atoms with Gasteiger partial charge in [0.1, 0.15) is 35.4 Å². The lowest BCUT2D eigenvalue weighted by Gasteiger charge is -2.63. The number of nitrogens with zero attached hydrogens (tertiary/aromatic N) is 9. The van der Waals surface area contributed by atoms with Crippen LogP contribution in [0.1, 0.15) is 125 Å². The summed E-state index contributed by atoms with van der Waals surface area (Å²) >= 11 is 6.27. The Kier molecular flexibility index (Phi) is 13.6. The predicted octanol–water partition coefficient (Wildman–Crippen LogP) is 8.82. The Morgan fingerprint density at radius 2 is 1.64 bits per heavy atom. The molecule has 3 saturated carbocycles. The zero-order valence-electron chi connectivity index (χ0n) is 41.7. The minimum Gasteiger partial charge on any atom is -0.495 e. The number of likely N-dealkylation sites (N-methyl/N-ethyl adjacent to an activating group) is 1. The van der Waals surface area contributed by atoms with E-state index in [2.05, 4.69) is 76.1 Å². The Morgan fingerprint density at radius 1 is 0.943 bits per heavy atom. The van der Waals surface area contributed by atoms with Crippen LogP contribution < -0.4 is 34.8 Å². The predicted molar refractivity (Wildman–Crippen MR) is 270 cm³/mol. The number of methoxy groups -OCH3 is 1. The van der Waals surface area contributed by atoms with Gasteiger partial charge in [-0.1, -0.05) is 59.1 Å². The maximum atomic E-state index is 13.8. The van der Waals surface area contributed by atoms with Crippen LogP contribution in [0, 0.1) is 34.0 Å². The number of hydrogen-bond acceptors (Lipinski definition) is 13. The summed E-state index contributed by atoms with van der Waals surface area (Å²) in [6.07, 6.45) is 15.0. The maximum Gasteiger partial charge on any atom is 0.254 e. The fourth-order valence-electron chi connectivity index (χ4n) is 12.3. The number of aromatic nitrogens is 4. The van der Waals surface area contributed by atoms with Crippen molar-refractivity contribution < 1.29 is 23.9 Å². The number of anilines is 5. The molecule has 4 fully saturated rings. The normalized spacial score (nSPS) is 23.9. The molecule has 3 amide bonds. The molecule has 3 aliphatic carbocycles. The number of benzene rings is 2. The van der Waals surface area contributed by atoms with Crippen molar-refractivity contribution in [2.75, 3.05) is 54.3 Å². The van der Waals surface area contributed by atoms with Crippen molar-refractivity contribution in [1.29, 1.82) is 5.26 Å². The molecule has 17 heteroatoms. The first-order chi connectivity index (χ1) is 33.5. The number of carbonyl (C=O) groups excluding carboxylic acids is 3. The van der Waals surface area contributed by atoms with E-state index in [1.165, 1.54) is 0 Å². The maximum absolute atomic E-state index is 13.8. The minimum atomic E-state index is -0.388. The van der Waals surface area contributed by atoms with E-state index in [9.17, 15) is 19.6 Å². The summed E-state index contributed by atoms with van der Waals surface area (Å²) in [4.78, 5) is 67.5. The number of ether oxygens (including phenoxy) is 2. The number of carbonyl (C=O) groups is 3. The highest BCUT2D eigenvalue weighted by Crippen LogP contribution is 2.56. The fourth-order valence-corrected chi connectivity index (χ4v) is 12.5. The molecular formula is C53H66ClN11O5. The molecule has 70 heavy (non-hydrogen) atoms. The van der Waals surface area contributed by atoms with Gasteiger partial charge in [-0.05, 0) is 93.5 Å². The zero-order valence-corrected chi connectivity index (χ0v) is 42.4. The first-order valence-corrected chi connectivity index (χ1v) is 25.3. The van der Waals surface area contributed by atoms with Crippen LogP contribution in [0.4, 0.5) is 29.1 Å². The van der Waals surface area contributed by atoms with E-state index in [1.807, 2.05) is 24.1 Å². The van der Waals surface area contributed by atoms with Gasteiger partial charge in [-0.25, -0.2) is 15.0 Å². The molecule has 2 aliphatic heterocycles. The van der Waals surface area contributed by atoms with Crippen LogP contribution in [-0.2, 0) is 4.79 Å². The molecule has 0 bridgehead atoms. The Bertz CT molecular complexity index is 2640. The molecule has 5 aliphatic rings. The third-order valence-electron chi connectivity index (χ3n) is 16.1. The Balaban J connectivity index is 0.732. The highest BCUT2D eigenvalue weighted by atomic mass is 35.5. The van der Waals surface area contributed by atoms with E-state index in [-0.39, 0.29) is 58.8 Å². The second-order valence-corrected chi connectivity index (χ2v) is 21.7. The number of nitriles is 1. The van der Waals surface area contributed by atoms with Crippen LogP contribution >= 0.6 is 11.6 Å². The Labute approximate surface area is 416 Å². The van der Waals surface area contributed by atoms with Crippen molar-refractivity contribution in [1.82, 2.24) is 30.2 Å². The van der Waals surface area contributed by atoms with Crippen LogP contribution in [0.3, 0.4) is 0 Å². The number of rotatable bonds is 14. The summed E-state index contributed by atoms with van der Waals surface area (Å²) in [5.41, 5.74) is 1.94. The van der Waals surface area contributed by atoms with Gasteiger partial charge in [-0.3, -0.25) is 14.4 Å². The van der Waals surface area contributed by atoms with Crippen molar-refractivity contribution >= 4 is 58.4 Å². The topological polar surface area (TPSA) is 182 Å². The smallest absolute Gasteiger partial charge is 0.254 e. The van der Waals surface area contributed by atoms with E-state index in [0.29, 0.717) is 74.7 Å². The molecule has 0 spiro atoms. The number of amides is 3. The van der Waals surface area contributed by atoms with Gasteiger partial charge in [0, 0.05) is 80.2 Å². The van der Waals surface area contributed by atoms with E-state index in [0.717, 1.165) is 76.7 Å². The monoisotopic (exact) mass is 971 g/mol. The number of nitrogens with one attached hydrogen (secondary N) is 2. The third kappa shape index (κ3) is 9.17. The summed E-state index contributed by atoms with van der Waals surface area (Å²) in [5, 5.41) is 16.1. The van der Waals surface area contributed by atoms with Crippen molar-refractivity contribution in [2.45, 2.75) is 129 Å². The van der Waals surface area contributed by atoms with Crippen LogP contribution in [0.15, 0.2) is 55.0 Å². The summed E-state index contributed by atoms with van der Waals surface area (Å²) < 4.78 is 12.2. The molecule has 4 heterocycles. The fraction of sp³-hybridized carbons (Fsp3) is 0.547. The molecule has 1 atom stereocenters. The molecule has 2 aromatic heterocycles. The lowest BCUT2D eigenvalue weighted by atomic mass is 9.49. The average Bonchev–Trinajstić information content (AvgIpc) is 3.89. The average molecular weight is 973 g/mol. The minimum absolute atomic E-state index is 0.0400. The van der Waals surface area contributed by atoms with Gasteiger partial charge in [0.2, 0.25) is 17.8 Å². The summed E-state index contributed by atoms with van der Waals surface area (Å²) in [6, 6.07) is 12.6. The van der Waals surface area contributed by atoms with Crippen molar-refractivity contribution in [2.24, 2.45) is 22.7 Å². The molecule has 0 unspecified atom stereocenters. The van der Waals surface area contributed by atoms with Gasteiger partial charge in [-0.2, -0.15) is 10.2 Å². The van der Waals surface area contributed by atoms with Gasteiger partial charge < -0.3 is 39.7 Å². The van der Waals surface area contributed by atoms with Gasteiger partial charge in [0.15, 0.2) is 5.82 Å². The van der Waals surface area contributed by atoms with Gasteiger partial charge in [-0.15, -0.1) is 0 Å². The molecule has 2 N–H and O–H groups in total. The standard InChI is InChI=1S/C53H66ClN11O5/c1-9-41-47(68)63(7)42-30-56-50(60-44(42)65(41)36-12-10-11-13-36)59-40-17-15-33(25-43(40)69-8)46(67)62(6)37-23-32(24-37)22-31-18-20-64(21-19-31)51-57-28-35(29-58-51)45(66)61-48-52(2,3)49(53(48,4)5)70-38-16-14-34(27-55)39(54)26-38/h14-17,25-26,28-32,36-37,41,48-49H,9-13,18-24H2,1-8H3,(H,61,66)(H,56,59,60)/t32?,37?,41-,48?,49?/m1/s1. The second-order valence-electron chi connectivity index (χ2n) is 21.3. The molecule has 370 valence electrons. The number of fused-ring (bicyclic) bond motifs is 1. The van der Waals surface area contributed by atoms with Crippen LogP contribution in [-0.4, -0.2) is 107 Å². The SMILES string of the molecule is CC[C@@H]1C(=O)N(C)c2cnc(Nc3ccc(C(=O)N(C)C4CC(CC5CCN(c6ncc(C(=O)NC7C(C)(C)C(Oc8ccc(C#N)c(Cl)c8)C7(C)C)cn6)CC5)C4)cc3OC)nc2N1C1CCCC1. The molecule has 1 saturated heterocycles. The quantitative estimate of drug-likeness (QED) is 0.122. The van der Waals surface area contributed by atoms with Gasteiger partial charge >= 0.3 is 0 Å². The van der Waals surface area contributed by atoms with Crippen LogP contribution in [0.25, 0.3) is 0 Å². The first kappa shape index (κ1) is 48.8. The van der Waals surface area contributed by atoms with E-state index >= 15 is 0 Å². The number of halogens is 1. The van der Waals surface area contributed by atoms with E-state index in [1.54, 1.807) is 61.9 Å². The van der Waals surface area contributed by atoms with Crippen molar-refractivity contribution in [3.05, 3.63) is 76.7 Å². The van der Waals surface area contributed by atoms with Crippen molar-refractivity contribution in [3.63, 3.8) is 0 Å². The molecular weight excluding hydrogens is 906 g/mol. The molecule has 2 aromatic carbocycles. The largest absolute Gasteiger partial charge is 0.495 e. The van der Waals surface area contributed by atoms with Crippen LogP contribution in [0.2, 0.25) is 5.02 Å². The number of piperidine rings is 1. The zero-order chi connectivity index (χ0) is 49.6. The summed E-state index contributed by atoms with van der Waals surface area (Å²) in [6.45, 7) is 12.1. The molecule has 16 nitrogen and oxygen atoms in total. The van der Waals surface area contributed by atoms with E-state index < -0.39 is 0 Å². The second kappa shape index (κ2) is 19.5. The van der Waals surface area contributed by atoms with Gasteiger partial charge in [0.25, 0.3) is 11.8 Å². The molecule has 4 aromatic rings. The van der Waals surface area contributed by atoms with Crippen LogP contribution in [0.5, 0.6) is 11.5 Å². The lowest BCUT2D eigenvalue weighted by Crippen LogP contribution is -2.74. The Hall–Kier alpha value is -6.21. The summed E-state index contributed by atoms with van der Waals surface area (Å²) in [7, 11) is 5.28. The number of hydrogen-bond donors (Lipinski definition) is 2. The highest BCUT2D eigenvalue weighted by molar-refractivity contribution is 6.31. The first-order valence-electron chi connectivity index (χ1n) is 24.9. The van der Waals surface area contributed by atoms with Crippen molar-refractivity contribution in [3.8, 4) is 17.6 Å².